The van der Waals surface area contributed by atoms with Crippen molar-refractivity contribution in [3.8, 4) is 0 Å². The molecule has 1 amide bonds. The number of aromatic nitrogens is 3. The number of aromatic carboxylic acids is 1. The first-order valence-electron chi connectivity index (χ1n) is 7.11. The first-order chi connectivity index (χ1) is 10.9. The van der Waals surface area contributed by atoms with Crippen molar-refractivity contribution in [1.29, 1.82) is 0 Å². The van der Waals surface area contributed by atoms with Crippen molar-refractivity contribution >= 4 is 11.9 Å². The number of carboxylic acid groups (broad SMARTS) is 1. The SMILES string of the molecule is CCn1ncnc1C(C)NC(=O)Cc1ccc(C(=O)O)c(F)c1. The maximum absolute atomic E-state index is 13.6. The third-order valence-electron chi connectivity index (χ3n) is 3.34. The minimum atomic E-state index is -1.34. The summed E-state index contributed by atoms with van der Waals surface area (Å²) in [4.78, 5) is 26.9. The van der Waals surface area contributed by atoms with E-state index in [0.717, 1.165) is 12.1 Å². The van der Waals surface area contributed by atoms with Crippen molar-refractivity contribution in [3.05, 3.63) is 47.3 Å². The van der Waals surface area contributed by atoms with Crippen LogP contribution >= 0.6 is 0 Å². The summed E-state index contributed by atoms with van der Waals surface area (Å²) in [7, 11) is 0. The predicted molar refractivity (Wildman–Crippen MR) is 79.3 cm³/mol. The van der Waals surface area contributed by atoms with E-state index >= 15 is 0 Å². The van der Waals surface area contributed by atoms with E-state index in [2.05, 4.69) is 15.4 Å². The molecule has 0 fully saturated rings. The summed E-state index contributed by atoms with van der Waals surface area (Å²) in [5.41, 5.74) is -0.0206. The normalized spacial score (nSPS) is 12.0. The summed E-state index contributed by atoms with van der Waals surface area (Å²) in [5.74, 6) is -1.88. The molecule has 1 heterocycles. The summed E-state index contributed by atoms with van der Waals surface area (Å²) < 4.78 is 15.3. The average molecular weight is 320 g/mol. The minimum absolute atomic E-state index is 0.0541. The van der Waals surface area contributed by atoms with Crippen molar-refractivity contribution in [3.63, 3.8) is 0 Å². The summed E-state index contributed by atoms with van der Waals surface area (Å²) in [6, 6.07) is 3.29. The lowest BCUT2D eigenvalue weighted by Crippen LogP contribution is -2.30. The second kappa shape index (κ2) is 6.99. The van der Waals surface area contributed by atoms with E-state index in [1.54, 1.807) is 11.6 Å². The third-order valence-corrected chi connectivity index (χ3v) is 3.34. The molecule has 1 aromatic heterocycles. The Labute approximate surface area is 132 Å². The minimum Gasteiger partial charge on any atom is -0.478 e. The Morgan fingerprint density at radius 1 is 1.43 bits per heavy atom. The number of nitrogens with one attached hydrogen (secondary N) is 1. The molecule has 0 bridgehead atoms. The lowest BCUT2D eigenvalue weighted by molar-refractivity contribution is -0.121. The molecule has 2 rings (SSSR count). The molecule has 0 spiro atoms. The number of hydrogen-bond acceptors (Lipinski definition) is 4. The third kappa shape index (κ3) is 3.91. The van der Waals surface area contributed by atoms with Crippen LogP contribution in [0.2, 0.25) is 0 Å². The molecule has 23 heavy (non-hydrogen) atoms. The number of halogens is 1. The number of carboxylic acids is 1. The standard InChI is InChI=1S/C15H17FN4O3/c1-3-20-14(17-8-18-20)9(2)19-13(21)7-10-4-5-11(15(22)23)12(16)6-10/h4-6,8-9H,3,7H2,1-2H3,(H,19,21)(H,22,23). The molecule has 0 aliphatic carbocycles. The second-order valence-electron chi connectivity index (χ2n) is 5.02. The van der Waals surface area contributed by atoms with Gasteiger partial charge in [-0.1, -0.05) is 6.07 Å². The smallest absolute Gasteiger partial charge is 0.338 e. The molecular formula is C15H17FN4O3. The zero-order chi connectivity index (χ0) is 17.0. The van der Waals surface area contributed by atoms with Gasteiger partial charge in [-0.2, -0.15) is 5.10 Å². The van der Waals surface area contributed by atoms with Crippen molar-refractivity contribution in [2.75, 3.05) is 0 Å². The highest BCUT2D eigenvalue weighted by atomic mass is 19.1. The number of carbonyl (C=O) groups is 2. The molecule has 122 valence electrons. The highest BCUT2D eigenvalue weighted by Gasteiger charge is 2.16. The van der Waals surface area contributed by atoms with E-state index < -0.39 is 17.3 Å². The van der Waals surface area contributed by atoms with Crippen LogP contribution in [-0.4, -0.2) is 31.7 Å². The molecule has 1 atom stereocenters. The van der Waals surface area contributed by atoms with Crippen LogP contribution in [0.5, 0.6) is 0 Å². The maximum Gasteiger partial charge on any atom is 0.338 e. The Morgan fingerprint density at radius 2 is 2.17 bits per heavy atom. The van der Waals surface area contributed by atoms with E-state index in [0.29, 0.717) is 17.9 Å². The van der Waals surface area contributed by atoms with Gasteiger partial charge in [0.05, 0.1) is 18.0 Å². The summed E-state index contributed by atoms with van der Waals surface area (Å²) in [5, 5.41) is 15.6. The van der Waals surface area contributed by atoms with Crippen molar-refractivity contribution in [1.82, 2.24) is 20.1 Å². The van der Waals surface area contributed by atoms with Crippen LogP contribution in [-0.2, 0) is 17.8 Å². The fourth-order valence-electron chi connectivity index (χ4n) is 2.24. The zero-order valence-corrected chi connectivity index (χ0v) is 12.8. The van der Waals surface area contributed by atoms with E-state index in [4.69, 9.17) is 5.11 Å². The van der Waals surface area contributed by atoms with Gasteiger partial charge in [0.1, 0.15) is 18.0 Å². The first kappa shape index (κ1) is 16.6. The molecule has 1 aromatic carbocycles. The van der Waals surface area contributed by atoms with E-state index in [-0.39, 0.29) is 18.4 Å². The second-order valence-corrected chi connectivity index (χ2v) is 5.02. The number of hydrogen-bond donors (Lipinski definition) is 2. The van der Waals surface area contributed by atoms with Crippen LogP contribution in [0.4, 0.5) is 4.39 Å². The summed E-state index contributed by atoms with van der Waals surface area (Å²) in [6.07, 6.45) is 1.36. The van der Waals surface area contributed by atoms with Gasteiger partial charge in [0.2, 0.25) is 5.91 Å². The van der Waals surface area contributed by atoms with Gasteiger partial charge in [0.25, 0.3) is 0 Å². The molecule has 2 N–H and O–H groups in total. The summed E-state index contributed by atoms with van der Waals surface area (Å²) >= 11 is 0. The van der Waals surface area contributed by atoms with E-state index in [9.17, 15) is 14.0 Å². The summed E-state index contributed by atoms with van der Waals surface area (Å²) in [6.45, 7) is 4.33. The van der Waals surface area contributed by atoms with Gasteiger partial charge in [-0.25, -0.2) is 18.9 Å². The molecule has 2 aromatic rings. The van der Waals surface area contributed by atoms with Crippen LogP contribution in [0, 0.1) is 5.82 Å². The monoisotopic (exact) mass is 320 g/mol. The van der Waals surface area contributed by atoms with Crippen molar-refractivity contribution < 1.29 is 19.1 Å². The predicted octanol–water partition coefficient (Wildman–Crippen LogP) is 1.56. The van der Waals surface area contributed by atoms with Crippen LogP contribution < -0.4 is 5.32 Å². The molecule has 0 aliphatic rings. The molecule has 7 nitrogen and oxygen atoms in total. The number of nitrogens with zero attached hydrogens (tertiary/aromatic N) is 3. The van der Waals surface area contributed by atoms with Gasteiger partial charge < -0.3 is 10.4 Å². The molecule has 0 radical (unpaired) electrons. The van der Waals surface area contributed by atoms with Gasteiger partial charge in [0, 0.05) is 6.54 Å². The molecule has 0 saturated heterocycles. The quantitative estimate of drug-likeness (QED) is 0.842. The van der Waals surface area contributed by atoms with Gasteiger partial charge in [-0.15, -0.1) is 0 Å². The van der Waals surface area contributed by atoms with Crippen LogP contribution in [0.1, 0.15) is 41.6 Å². The first-order valence-corrected chi connectivity index (χ1v) is 7.11. The van der Waals surface area contributed by atoms with Crippen LogP contribution in [0.3, 0.4) is 0 Å². The Morgan fingerprint density at radius 3 is 2.78 bits per heavy atom. The van der Waals surface area contributed by atoms with Crippen LogP contribution in [0.15, 0.2) is 24.5 Å². The molecule has 0 aliphatic heterocycles. The molecular weight excluding hydrogens is 303 g/mol. The topological polar surface area (TPSA) is 97.1 Å². The van der Waals surface area contributed by atoms with E-state index in [1.165, 1.54) is 12.4 Å². The van der Waals surface area contributed by atoms with Gasteiger partial charge in [-0.05, 0) is 31.5 Å². The highest BCUT2D eigenvalue weighted by molar-refractivity contribution is 5.88. The zero-order valence-electron chi connectivity index (χ0n) is 12.8. The largest absolute Gasteiger partial charge is 0.478 e. The Kier molecular flexibility index (Phi) is 5.05. The number of rotatable bonds is 6. The molecule has 8 heteroatoms. The van der Waals surface area contributed by atoms with Crippen molar-refractivity contribution in [2.45, 2.75) is 32.9 Å². The fourth-order valence-corrected chi connectivity index (χ4v) is 2.24. The number of benzene rings is 1. The Hall–Kier alpha value is -2.77. The lowest BCUT2D eigenvalue weighted by atomic mass is 10.1. The average Bonchev–Trinajstić information content (AvgIpc) is 2.95. The molecule has 0 saturated carbocycles. The van der Waals surface area contributed by atoms with Gasteiger partial charge >= 0.3 is 5.97 Å². The number of amides is 1. The van der Waals surface area contributed by atoms with Gasteiger partial charge in [-0.3, -0.25) is 4.79 Å². The number of carbonyl (C=O) groups excluding carboxylic acids is 1. The highest BCUT2D eigenvalue weighted by Crippen LogP contribution is 2.13. The Balaban J connectivity index is 2.02. The van der Waals surface area contributed by atoms with E-state index in [1.807, 2.05) is 6.92 Å². The number of aryl methyl sites for hydroxylation is 1. The molecule has 1 unspecified atom stereocenters. The fraction of sp³-hybridized carbons (Fsp3) is 0.333. The maximum atomic E-state index is 13.6. The Bertz CT molecular complexity index is 729. The van der Waals surface area contributed by atoms with Crippen molar-refractivity contribution in [2.24, 2.45) is 0 Å². The van der Waals surface area contributed by atoms with Crippen LogP contribution in [0.25, 0.3) is 0 Å². The van der Waals surface area contributed by atoms with Gasteiger partial charge in [0.15, 0.2) is 0 Å². The lowest BCUT2D eigenvalue weighted by Gasteiger charge is -2.14.